The van der Waals surface area contributed by atoms with E-state index in [9.17, 15) is 13.6 Å². The van der Waals surface area contributed by atoms with Gasteiger partial charge in [-0.05, 0) is 26.0 Å². The summed E-state index contributed by atoms with van der Waals surface area (Å²) in [5, 5.41) is 0. The maximum Gasteiger partial charge on any atom is 0.319 e. The van der Waals surface area contributed by atoms with Gasteiger partial charge in [0.05, 0.1) is 29.8 Å². The van der Waals surface area contributed by atoms with E-state index < -0.39 is 12.2 Å². The number of fused-ring (bicyclic) bond motifs is 1. The summed E-state index contributed by atoms with van der Waals surface area (Å²) in [6.45, 7) is 7.45. The third-order valence-electron chi connectivity index (χ3n) is 7.10. The summed E-state index contributed by atoms with van der Waals surface area (Å²) in [7, 11) is 3.47. The van der Waals surface area contributed by atoms with E-state index in [0.717, 1.165) is 0 Å². The van der Waals surface area contributed by atoms with Crippen LogP contribution in [0, 0.1) is 0 Å². The summed E-state index contributed by atoms with van der Waals surface area (Å²) < 4.78 is 35.4. The van der Waals surface area contributed by atoms with Gasteiger partial charge in [-0.1, -0.05) is 12.1 Å². The van der Waals surface area contributed by atoms with Crippen molar-refractivity contribution in [3.05, 3.63) is 36.2 Å². The number of alkyl halides is 2. The first kappa shape index (κ1) is 25.1. The molecule has 2 aromatic heterocycles. The summed E-state index contributed by atoms with van der Waals surface area (Å²) in [5.74, 6) is 1.03. The minimum absolute atomic E-state index is 0.0121. The molecule has 2 atom stereocenters. The molecule has 0 aliphatic carbocycles. The average Bonchev–Trinajstić information content (AvgIpc) is 3.30. The van der Waals surface area contributed by atoms with Crippen molar-refractivity contribution < 1.29 is 18.3 Å². The van der Waals surface area contributed by atoms with E-state index in [-0.39, 0.29) is 24.1 Å². The number of hydrogen-bond acceptors (Lipinski definition) is 7. The molecule has 0 spiro atoms. The summed E-state index contributed by atoms with van der Waals surface area (Å²) >= 11 is 0. The first-order chi connectivity index (χ1) is 17.7. The van der Waals surface area contributed by atoms with Gasteiger partial charge in [0, 0.05) is 52.9 Å². The Bertz CT molecular complexity index is 1270. The van der Waals surface area contributed by atoms with E-state index in [4.69, 9.17) is 14.7 Å². The molecule has 3 aromatic rings. The number of benzene rings is 1. The molecule has 5 rings (SSSR count). The smallest absolute Gasteiger partial charge is 0.319 e. The molecule has 2 fully saturated rings. The molecule has 0 saturated carbocycles. The standard InChI is InChI=1S/C25H32F2N8O2/c1-16-17(2)37-14-13-34(16)21-15-20(32-9-11-33(12-10-32)25(36)31(3)4)29-24(30-21)35-19-8-6-5-7-18(19)28-23(35)22(26)27/h5-8,15-17,22H,9-14H2,1-4H3/t16-,17+/m1/s1. The lowest BCUT2D eigenvalue weighted by Crippen LogP contribution is -2.52. The van der Waals surface area contributed by atoms with Gasteiger partial charge in [-0.2, -0.15) is 9.97 Å². The number of rotatable bonds is 4. The number of nitrogens with zero attached hydrogens (tertiary/aromatic N) is 8. The fraction of sp³-hybridized carbons (Fsp3) is 0.520. The van der Waals surface area contributed by atoms with Crippen LogP contribution in [0.4, 0.5) is 25.2 Å². The van der Waals surface area contributed by atoms with E-state index in [1.807, 2.05) is 13.0 Å². The van der Waals surface area contributed by atoms with Crippen LogP contribution in [0.1, 0.15) is 26.1 Å². The SMILES string of the molecule is C[C@@H]1OCCN(c2cc(N3CCN(C(=O)N(C)C)CC3)nc(-n3c(C(F)F)nc4ccccc43)n2)[C@@H]1C. The highest BCUT2D eigenvalue weighted by Gasteiger charge is 2.30. The van der Waals surface area contributed by atoms with Crippen molar-refractivity contribution in [2.75, 3.05) is 63.2 Å². The summed E-state index contributed by atoms with van der Waals surface area (Å²) in [4.78, 5) is 33.7. The average molecular weight is 515 g/mol. The first-order valence-corrected chi connectivity index (χ1v) is 12.5. The van der Waals surface area contributed by atoms with Crippen LogP contribution in [0.25, 0.3) is 17.0 Å². The monoisotopic (exact) mass is 514 g/mol. The molecule has 10 nitrogen and oxygen atoms in total. The summed E-state index contributed by atoms with van der Waals surface area (Å²) in [5.41, 5.74) is 0.975. The van der Waals surface area contributed by atoms with Crippen molar-refractivity contribution >= 4 is 28.7 Å². The Balaban J connectivity index is 1.59. The lowest BCUT2D eigenvalue weighted by Gasteiger charge is -2.40. The minimum atomic E-state index is -2.80. The summed E-state index contributed by atoms with van der Waals surface area (Å²) in [6.07, 6.45) is -2.81. The number of para-hydroxylation sites is 2. The number of imidazole rings is 1. The molecule has 0 bridgehead atoms. The van der Waals surface area contributed by atoms with Gasteiger partial charge in [0.1, 0.15) is 11.6 Å². The largest absolute Gasteiger partial charge is 0.375 e. The van der Waals surface area contributed by atoms with Crippen molar-refractivity contribution in [2.24, 2.45) is 0 Å². The van der Waals surface area contributed by atoms with E-state index in [2.05, 4.69) is 21.7 Å². The van der Waals surface area contributed by atoms with Crippen LogP contribution in [0.5, 0.6) is 0 Å². The lowest BCUT2D eigenvalue weighted by atomic mass is 10.1. The van der Waals surface area contributed by atoms with Crippen molar-refractivity contribution in [3.63, 3.8) is 0 Å². The van der Waals surface area contributed by atoms with E-state index in [1.165, 1.54) is 4.57 Å². The van der Waals surface area contributed by atoms with Crippen molar-refractivity contribution in [2.45, 2.75) is 32.4 Å². The molecular formula is C25H32F2N8O2. The molecule has 37 heavy (non-hydrogen) atoms. The van der Waals surface area contributed by atoms with Gasteiger partial charge in [0.15, 0.2) is 5.82 Å². The molecule has 0 unspecified atom stereocenters. The summed E-state index contributed by atoms with van der Waals surface area (Å²) in [6, 6.07) is 8.91. The fourth-order valence-corrected chi connectivity index (χ4v) is 4.89. The van der Waals surface area contributed by atoms with E-state index >= 15 is 0 Å². The predicted molar refractivity (Wildman–Crippen MR) is 137 cm³/mol. The van der Waals surface area contributed by atoms with Crippen LogP contribution in [0.15, 0.2) is 30.3 Å². The number of piperazine rings is 1. The number of ether oxygens (including phenoxy) is 1. The molecular weight excluding hydrogens is 482 g/mol. The van der Waals surface area contributed by atoms with Crippen molar-refractivity contribution in [1.29, 1.82) is 0 Å². The number of amides is 2. The van der Waals surface area contributed by atoms with E-state index in [1.54, 1.807) is 48.2 Å². The van der Waals surface area contributed by atoms with Gasteiger partial charge in [0.2, 0.25) is 5.95 Å². The van der Waals surface area contributed by atoms with Gasteiger partial charge in [-0.3, -0.25) is 4.57 Å². The van der Waals surface area contributed by atoms with Gasteiger partial charge in [-0.25, -0.2) is 18.6 Å². The molecule has 0 N–H and O–H groups in total. The Morgan fingerprint density at radius 2 is 1.73 bits per heavy atom. The van der Waals surface area contributed by atoms with Gasteiger partial charge in [0.25, 0.3) is 6.43 Å². The Hall–Kier alpha value is -3.54. The van der Waals surface area contributed by atoms with Crippen LogP contribution in [-0.2, 0) is 4.74 Å². The first-order valence-electron chi connectivity index (χ1n) is 12.5. The third-order valence-corrected chi connectivity index (χ3v) is 7.10. The van der Waals surface area contributed by atoms with Crippen LogP contribution in [0.3, 0.4) is 0 Å². The second-order valence-electron chi connectivity index (χ2n) is 9.64. The molecule has 0 radical (unpaired) electrons. The van der Waals surface area contributed by atoms with Crippen LogP contribution in [0.2, 0.25) is 0 Å². The maximum atomic E-state index is 14.1. The third kappa shape index (κ3) is 4.77. The normalized spacial score (nSPS) is 20.7. The lowest BCUT2D eigenvalue weighted by molar-refractivity contribution is 0.0281. The highest BCUT2D eigenvalue weighted by atomic mass is 19.3. The topological polar surface area (TPSA) is 82.9 Å². The van der Waals surface area contributed by atoms with Crippen LogP contribution < -0.4 is 9.80 Å². The minimum Gasteiger partial charge on any atom is -0.375 e. The van der Waals surface area contributed by atoms with Crippen LogP contribution in [-0.4, -0.2) is 101 Å². The van der Waals surface area contributed by atoms with Crippen molar-refractivity contribution in [3.8, 4) is 5.95 Å². The molecule has 2 aliphatic rings. The molecule has 12 heteroatoms. The van der Waals surface area contributed by atoms with Gasteiger partial charge < -0.3 is 24.3 Å². The second-order valence-corrected chi connectivity index (χ2v) is 9.64. The molecule has 4 heterocycles. The molecule has 1 aromatic carbocycles. The number of urea groups is 1. The Morgan fingerprint density at radius 3 is 2.43 bits per heavy atom. The molecule has 2 saturated heterocycles. The van der Waals surface area contributed by atoms with Gasteiger partial charge >= 0.3 is 6.03 Å². The zero-order valence-electron chi connectivity index (χ0n) is 21.5. The number of carbonyl (C=O) groups excluding carboxylic acids is 1. The highest BCUT2D eigenvalue weighted by molar-refractivity contribution is 5.78. The second kappa shape index (κ2) is 10.1. The predicted octanol–water partition coefficient (Wildman–Crippen LogP) is 3.17. The molecule has 2 amide bonds. The molecule has 2 aliphatic heterocycles. The van der Waals surface area contributed by atoms with Crippen molar-refractivity contribution in [1.82, 2.24) is 29.3 Å². The fourth-order valence-electron chi connectivity index (χ4n) is 4.89. The maximum absolute atomic E-state index is 14.1. The zero-order chi connectivity index (χ0) is 26.3. The number of halogens is 2. The number of anilines is 2. The molecule has 198 valence electrons. The number of morpholine rings is 1. The zero-order valence-corrected chi connectivity index (χ0v) is 21.5. The van der Waals surface area contributed by atoms with Crippen LogP contribution >= 0.6 is 0 Å². The highest BCUT2D eigenvalue weighted by Crippen LogP contribution is 2.31. The Kier molecular flexibility index (Phi) is 6.84. The van der Waals surface area contributed by atoms with E-state index in [0.29, 0.717) is 62.0 Å². The Labute approximate surface area is 214 Å². The quantitative estimate of drug-likeness (QED) is 0.529. The number of hydrogen-bond donors (Lipinski definition) is 0. The Morgan fingerprint density at radius 1 is 1.03 bits per heavy atom. The number of carbonyl (C=O) groups is 1. The van der Waals surface area contributed by atoms with Gasteiger partial charge in [-0.15, -0.1) is 0 Å². The number of aromatic nitrogens is 4.